The summed E-state index contributed by atoms with van der Waals surface area (Å²) in [5.41, 5.74) is -1.01. The molecule has 4 atom stereocenters. The van der Waals surface area contributed by atoms with Crippen molar-refractivity contribution in [1.29, 1.82) is 0 Å². The highest BCUT2D eigenvalue weighted by molar-refractivity contribution is 6.03. The minimum atomic E-state index is -4.82. The smallest absolute Gasteiger partial charge is 0.423 e. The Labute approximate surface area is 267 Å². The standard InChI is InChI=1S/C35H32F5N5O2/c1-2-24-27(37)7-4-19-10-23(46)11-25(30(19)24)28-12-29-26(14-41-28)32(44-16-21-5-6-22(17-44)42-21)31(35(38,39)40)33(43-29)47-18-34-8-3-9-45(34)15-20(36)13-34/h1,4,7,10-12,14,20-22,42,46H,3,5-6,8-9,13,15-18H2/t20-,21-,22+,34+/m1/s1. The van der Waals surface area contributed by atoms with Gasteiger partial charge in [0.2, 0.25) is 5.88 Å². The summed E-state index contributed by atoms with van der Waals surface area (Å²) in [7, 11) is 0. The zero-order valence-corrected chi connectivity index (χ0v) is 25.4. The molecule has 0 saturated carbocycles. The fourth-order valence-electron chi connectivity index (χ4n) is 8.36. The molecule has 4 fully saturated rings. The molecule has 0 radical (unpaired) electrons. The van der Waals surface area contributed by atoms with Crippen molar-refractivity contribution >= 4 is 27.4 Å². The highest BCUT2D eigenvalue weighted by Crippen LogP contribution is 2.48. The lowest BCUT2D eigenvalue weighted by atomic mass is 9.94. The van der Waals surface area contributed by atoms with E-state index in [0.717, 1.165) is 19.3 Å². The van der Waals surface area contributed by atoms with Crippen molar-refractivity contribution in [2.75, 3.05) is 37.7 Å². The maximum Gasteiger partial charge on any atom is 0.423 e. The van der Waals surface area contributed by atoms with Gasteiger partial charge in [-0.1, -0.05) is 12.0 Å². The number of piperazine rings is 1. The lowest BCUT2D eigenvalue weighted by molar-refractivity contribution is -0.139. The van der Waals surface area contributed by atoms with Crippen molar-refractivity contribution in [3.05, 3.63) is 53.5 Å². The van der Waals surface area contributed by atoms with Crippen LogP contribution in [0.4, 0.5) is 27.6 Å². The Kier molecular flexibility index (Phi) is 7.00. The first-order valence-corrected chi connectivity index (χ1v) is 15.9. The van der Waals surface area contributed by atoms with Gasteiger partial charge in [-0.2, -0.15) is 13.2 Å². The molecule has 0 aliphatic carbocycles. The number of phenols is 1. The molecule has 2 aromatic heterocycles. The fourth-order valence-corrected chi connectivity index (χ4v) is 8.36. The minimum absolute atomic E-state index is 0.0242. The summed E-state index contributed by atoms with van der Waals surface area (Å²) < 4.78 is 81.0. The maximum absolute atomic E-state index is 15.2. The van der Waals surface area contributed by atoms with E-state index in [4.69, 9.17) is 11.2 Å². The molecule has 12 heteroatoms. The lowest BCUT2D eigenvalue weighted by Crippen LogP contribution is -2.51. The molecule has 8 rings (SSSR count). The molecule has 4 aliphatic rings. The number of hydrogen-bond acceptors (Lipinski definition) is 7. The molecule has 7 nitrogen and oxygen atoms in total. The van der Waals surface area contributed by atoms with Crippen molar-refractivity contribution < 1.29 is 31.8 Å². The SMILES string of the molecule is C#Cc1c(F)ccc2cc(O)cc(-c3cc4nc(OC[C@@]56CCCN5C[C@H](F)C6)c(C(F)(F)F)c(N5C[C@H]6CC[C@@H](C5)N6)c4cn3)c12. The molecule has 244 valence electrons. The Hall–Kier alpha value is -4.21. The van der Waals surface area contributed by atoms with Gasteiger partial charge >= 0.3 is 6.18 Å². The summed E-state index contributed by atoms with van der Waals surface area (Å²) in [6.07, 6.45) is 4.51. The zero-order chi connectivity index (χ0) is 32.7. The van der Waals surface area contributed by atoms with Crippen LogP contribution in [0.15, 0.2) is 36.5 Å². The van der Waals surface area contributed by atoms with Gasteiger partial charge in [-0.15, -0.1) is 6.42 Å². The number of fused-ring (bicyclic) bond motifs is 5. The number of nitrogens with one attached hydrogen (secondary N) is 1. The van der Waals surface area contributed by atoms with E-state index in [-0.39, 0.29) is 65.3 Å². The van der Waals surface area contributed by atoms with Crippen LogP contribution >= 0.6 is 0 Å². The van der Waals surface area contributed by atoms with Gasteiger partial charge < -0.3 is 20.1 Å². The number of alkyl halides is 4. The monoisotopic (exact) mass is 649 g/mol. The predicted molar refractivity (Wildman–Crippen MR) is 168 cm³/mol. The lowest BCUT2D eigenvalue weighted by Gasteiger charge is -2.37. The number of pyridine rings is 2. The van der Waals surface area contributed by atoms with Gasteiger partial charge in [0.05, 0.1) is 28.0 Å². The second-order valence-electron chi connectivity index (χ2n) is 13.3. The molecule has 2 bridgehead atoms. The molecule has 0 unspecified atom stereocenters. The summed E-state index contributed by atoms with van der Waals surface area (Å²) in [5.74, 6) is 1.07. The highest BCUT2D eigenvalue weighted by Gasteiger charge is 2.50. The van der Waals surface area contributed by atoms with Crippen molar-refractivity contribution in [3.8, 4) is 35.2 Å². The van der Waals surface area contributed by atoms with Gasteiger partial charge in [0.1, 0.15) is 29.9 Å². The van der Waals surface area contributed by atoms with Crippen LogP contribution in [-0.4, -0.2) is 76.6 Å². The maximum atomic E-state index is 15.2. The van der Waals surface area contributed by atoms with E-state index < -0.39 is 35.1 Å². The first kappa shape index (κ1) is 30.1. The quantitative estimate of drug-likeness (QED) is 0.197. The average Bonchev–Trinajstić information content (AvgIpc) is 3.68. The molecule has 47 heavy (non-hydrogen) atoms. The van der Waals surface area contributed by atoms with Crippen molar-refractivity contribution in [2.45, 2.75) is 62.1 Å². The van der Waals surface area contributed by atoms with Gasteiger partial charge in [-0.3, -0.25) is 9.88 Å². The number of hydrogen-bond donors (Lipinski definition) is 2. The number of ether oxygens (including phenoxy) is 1. The predicted octanol–water partition coefficient (Wildman–Crippen LogP) is 6.19. The topological polar surface area (TPSA) is 73.8 Å². The first-order valence-electron chi connectivity index (χ1n) is 15.9. The molecular weight excluding hydrogens is 617 g/mol. The van der Waals surface area contributed by atoms with Crippen LogP contribution in [0.2, 0.25) is 0 Å². The second kappa shape index (κ2) is 10.9. The van der Waals surface area contributed by atoms with Crippen LogP contribution in [0.3, 0.4) is 0 Å². The number of nitrogens with zero attached hydrogens (tertiary/aromatic N) is 4. The van der Waals surface area contributed by atoms with Crippen molar-refractivity contribution in [2.24, 2.45) is 0 Å². The van der Waals surface area contributed by atoms with Gasteiger partial charge in [0.25, 0.3) is 0 Å². The van der Waals surface area contributed by atoms with Gasteiger partial charge in [-0.25, -0.2) is 13.8 Å². The number of terminal acetylenes is 1. The number of benzene rings is 2. The third kappa shape index (κ3) is 5.02. The summed E-state index contributed by atoms with van der Waals surface area (Å²) in [6.45, 7) is 1.51. The molecule has 4 saturated heterocycles. The van der Waals surface area contributed by atoms with E-state index in [9.17, 15) is 13.9 Å². The van der Waals surface area contributed by atoms with Crippen molar-refractivity contribution in [1.82, 2.24) is 20.2 Å². The highest BCUT2D eigenvalue weighted by atomic mass is 19.4. The largest absolute Gasteiger partial charge is 0.508 e. The molecule has 0 spiro atoms. The van der Waals surface area contributed by atoms with Gasteiger partial charge in [0, 0.05) is 60.7 Å². The number of phenolic OH excluding ortho intramolecular Hbond substituents is 1. The van der Waals surface area contributed by atoms with E-state index in [1.807, 2.05) is 4.90 Å². The first-order chi connectivity index (χ1) is 22.5. The Morgan fingerprint density at radius 3 is 2.66 bits per heavy atom. The zero-order valence-electron chi connectivity index (χ0n) is 25.4. The van der Waals surface area contributed by atoms with Crippen LogP contribution in [0.25, 0.3) is 32.9 Å². The Morgan fingerprint density at radius 1 is 1.13 bits per heavy atom. The number of rotatable bonds is 5. The summed E-state index contributed by atoms with van der Waals surface area (Å²) in [6, 6.07) is 7.15. The Balaban J connectivity index is 1.33. The van der Waals surface area contributed by atoms with Crippen LogP contribution in [-0.2, 0) is 6.18 Å². The van der Waals surface area contributed by atoms with Crippen LogP contribution in [0.5, 0.6) is 11.6 Å². The van der Waals surface area contributed by atoms with E-state index in [2.05, 4.69) is 21.2 Å². The van der Waals surface area contributed by atoms with Crippen LogP contribution in [0.1, 0.15) is 43.2 Å². The average molecular weight is 650 g/mol. The summed E-state index contributed by atoms with van der Waals surface area (Å²) in [4.78, 5) is 12.8. The molecule has 4 aromatic rings. The van der Waals surface area contributed by atoms with Crippen LogP contribution < -0.4 is 15.0 Å². The second-order valence-corrected chi connectivity index (χ2v) is 13.3. The van der Waals surface area contributed by atoms with E-state index in [1.165, 1.54) is 36.5 Å². The van der Waals surface area contributed by atoms with Gasteiger partial charge in [0.15, 0.2) is 0 Å². The summed E-state index contributed by atoms with van der Waals surface area (Å²) >= 11 is 0. The molecular formula is C35H32F5N5O2. The Morgan fingerprint density at radius 2 is 1.91 bits per heavy atom. The third-order valence-corrected chi connectivity index (χ3v) is 10.3. The van der Waals surface area contributed by atoms with Crippen LogP contribution in [0, 0.1) is 18.2 Å². The number of aromatic nitrogens is 2. The fraction of sp³-hybridized carbons (Fsp3) is 0.429. The van der Waals surface area contributed by atoms with Crippen molar-refractivity contribution in [3.63, 3.8) is 0 Å². The van der Waals surface area contributed by atoms with E-state index >= 15 is 13.2 Å². The third-order valence-electron chi connectivity index (χ3n) is 10.3. The summed E-state index contributed by atoms with van der Waals surface area (Å²) in [5, 5.41) is 15.0. The van der Waals surface area contributed by atoms with E-state index in [1.54, 1.807) is 4.90 Å². The van der Waals surface area contributed by atoms with E-state index in [0.29, 0.717) is 42.4 Å². The Bertz CT molecular complexity index is 1950. The number of anilines is 1. The number of halogens is 5. The molecule has 2 aromatic carbocycles. The molecule has 4 aliphatic heterocycles. The minimum Gasteiger partial charge on any atom is -0.508 e. The normalized spacial score (nSPS) is 25.9. The number of aromatic hydroxyl groups is 1. The molecule has 6 heterocycles. The molecule has 2 N–H and O–H groups in total. The van der Waals surface area contributed by atoms with Gasteiger partial charge in [-0.05, 0) is 61.9 Å². The molecule has 0 amide bonds.